The first-order valence-corrected chi connectivity index (χ1v) is 5.98. The van der Waals surface area contributed by atoms with E-state index in [1.54, 1.807) is 0 Å². The third-order valence-corrected chi connectivity index (χ3v) is 2.64. The summed E-state index contributed by atoms with van der Waals surface area (Å²) in [5, 5.41) is 0. The Morgan fingerprint density at radius 3 is 2.47 bits per heavy atom. The maximum absolute atomic E-state index is 5.50. The summed E-state index contributed by atoms with van der Waals surface area (Å²) in [6, 6.07) is 0.478. The maximum Gasteiger partial charge on any atom is 0.208 e. The summed E-state index contributed by atoms with van der Waals surface area (Å²) in [5.41, 5.74) is 2.70. The lowest BCUT2D eigenvalue weighted by molar-refractivity contribution is 0.325. The van der Waals surface area contributed by atoms with E-state index < -0.39 is 0 Å². The average molecular weight is 214 g/mol. The van der Waals surface area contributed by atoms with E-state index in [1.807, 2.05) is 0 Å². The van der Waals surface area contributed by atoms with Gasteiger partial charge in [0.25, 0.3) is 0 Å². The zero-order valence-corrected chi connectivity index (χ0v) is 10.6. The van der Waals surface area contributed by atoms with Crippen LogP contribution in [0.5, 0.6) is 0 Å². The summed E-state index contributed by atoms with van der Waals surface area (Å²) >= 11 is 0. The zero-order chi connectivity index (χ0) is 11.7. The van der Waals surface area contributed by atoms with Crippen LogP contribution in [-0.2, 0) is 0 Å². The van der Waals surface area contributed by atoms with E-state index in [-0.39, 0.29) is 0 Å². The van der Waals surface area contributed by atoms with Crippen LogP contribution in [0.15, 0.2) is 4.99 Å². The van der Waals surface area contributed by atoms with Gasteiger partial charge in [-0.3, -0.25) is 10.4 Å². The predicted molar refractivity (Wildman–Crippen MR) is 66.7 cm³/mol. The molecule has 15 heavy (non-hydrogen) atoms. The molecule has 0 aromatic carbocycles. The molecule has 0 bridgehead atoms. The molecule has 0 rings (SSSR count). The van der Waals surface area contributed by atoms with E-state index >= 15 is 0 Å². The highest BCUT2D eigenvalue weighted by molar-refractivity contribution is 5.79. The quantitative estimate of drug-likeness (QED) is 0.233. The van der Waals surface area contributed by atoms with Crippen LogP contribution >= 0.6 is 0 Å². The van der Waals surface area contributed by atoms with Crippen LogP contribution in [0.25, 0.3) is 0 Å². The fourth-order valence-corrected chi connectivity index (χ4v) is 1.45. The monoisotopic (exact) mass is 214 g/mol. The largest absolute Gasteiger partial charge is 0.340 e. The summed E-state index contributed by atoms with van der Waals surface area (Å²) in [4.78, 5) is 6.68. The highest BCUT2D eigenvalue weighted by atomic mass is 15.4. The fraction of sp³-hybridized carbons (Fsp3) is 0.909. The van der Waals surface area contributed by atoms with Crippen LogP contribution in [-0.4, -0.2) is 30.0 Å². The topological polar surface area (TPSA) is 53.6 Å². The highest BCUT2D eigenvalue weighted by Crippen LogP contribution is 2.03. The predicted octanol–water partition coefficient (Wildman–Crippen LogP) is 1.73. The summed E-state index contributed by atoms with van der Waals surface area (Å²) in [6.45, 7) is 10.4. The van der Waals surface area contributed by atoms with Gasteiger partial charge in [0, 0.05) is 19.1 Å². The Morgan fingerprint density at radius 1 is 1.40 bits per heavy atom. The molecule has 0 fully saturated rings. The van der Waals surface area contributed by atoms with Crippen molar-refractivity contribution in [2.45, 2.75) is 53.0 Å². The minimum Gasteiger partial charge on any atom is -0.340 e. The second-order valence-electron chi connectivity index (χ2n) is 3.75. The van der Waals surface area contributed by atoms with Crippen molar-refractivity contribution in [3.63, 3.8) is 0 Å². The lowest BCUT2D eigenvalue weighted by Gasteiger charge is -2.29. The summed E-state index contributed by atoms with van der Waals surface area (Å²) < 4.78 is 0. The molecule has 0 saturated carbocycles. The highest BCUT2D eigenvalue weighted by Gasteiger charge is 2.13. The molecule has 3 N–H and O–H groups in total. The van der Waals surface area contributed by atoms with Crippen LogP contribution in [0.4, 0.5) is 0 Å². The molecule has 4 nitrogen and oxygen atoms in total. The number of nitrogens with two attached hydrogens (primary N) is 1. The van der Waals surface area contributed by atoms with Crippen molar-refractivity contribution in [3.05, 3.63) is 0 Å². The van der Waals surface area contributed by atoms with Gasteiger partial charge in [-0.25, -0.2) is 5.84 Å². The normalized spacial score (nSPS) is 13.8. The first-order chi connectivity index (χ1) is 7.21. The Morgan fingerprint density at radius 2 is 2.07 bits per heavy atom. The van der Waals surface area contributed by atoms with Crippen molar-refractivity contribution in [1.29, 1.82) is 0 Å². The molecule has 1 unspecified atom stereocenters. The number of hydrogen-bond donors (Lipinski definition) is 2. The number of nitrogens with one attached hydrogen (secondary N) is 1. The van der Waals surface area contributed by atoms with Gasteiger partial charge in [-0.15, -0.1) is 0 Å². The average Bonchev–Trinajstić information content (AvgIpc) is 2.27. The van der Waals surface area contributed by atoms with Crippen molar-refractivity contribution in [3.8, 4) is 0 Å². The van der Waals surface area contributed by atoms with Gasteiger partial charge in [-0.2, -0.15) is 0 Å². The standard InChI is InChI=1S/C11H26N4/c1-5-8-9-13-11(14-12)15(7-3)10(4)6-2/h10H,5-9,12H2,1-4H3,(H,13,14). The van der Waals surface area contributed by atoms with Crippen LogP contribution in [0.2, 0.25) is 0 Å². The fourth-order valence-electron chi connectivity index (χ4n) is 1.45. The van der Waals surface area contributed by atoms with E-state index in [2.05, 4.69) is 43.0 Å². The van der Waals surface area contributed by atoms with E-state index in [1.165, 1.54) is 0 Å². The third kappa shape index (κ3) is 5.02. The van der Waals surface area contributed by atoms with E-state index in [0.29, 0.717) is 6.04 Å². The van der Waals surface area contributed by atoms with Crippen molar-refractivity contribution >= 4 is 5.96 Å². The van der Waals surface area contributed by atoms with Crippen molar-refractivity contribution < 1.29 is 0 Å². The Labute approximate surface area is 93.9 Å². The van der Waals surface area contributed by atoms with Gasteiger partial charge < -0.3 is 4.90 Å². The summed E-state index contributed by atoms with van der Waals surface area (Å²) in [7, 11) is 0. The van der Waals surface area contributed by atoms with Gasteiger partial charge in [0.15, 0.2) is 0 Å². The zero-order valence-electron chi connectivity index (χ0n) is 10.6. The van der Waals surface area contributed by atoms with Crippen molar-refractivity contribution in [1.82, 2.24) is 10.3 Å². The van der Waals surface area contributed by atoms with E-state index in [9.17, 15) is 0 Å². The van der Waals surface area contributed by atoms with Gasteiger partial charge in [-0.1, -0.05) is 20.3 Å². The van der Waals surface area contributed by atoms with Crippen LogP contribution in [0.1, 0.15) is 47.0 Å². The van der Waals surface area contributed by atoms with Gasteiger partial charge in [0.2, 0.25) is 5.96 Å². The molecule has 0 aliphatic carbocycles. The molecule has 0 amide bonds. The molecular formula is C11H26N4. The molecule has 0 heterocycles. The van der Waals surface area contributed by atoms with E-state index in [4.69, 9.17) is 5.84 Å². The lowest BCUT2D eigenvalue weighted by atomic mass is 10.2. The first-order valence-electron chi connectivity index (χ1n) is 5.98. The summed E-state index contributed by atoms with van der Waals surface area (Å²) in [5.74, 6) is 6.32. The molecule has 0 aromatic heterocycles. The molecule has 0 aliphatic rings. The number of nitrogens with zero attached hydrogens (tertiary/aromatic N) is 2. The Bertz CT molecular complexity index is 179. The van der Waals surface area contributed by atoms with Crippen LogP contribution in [0, 0.1) is 0 Å². The maximum atomic E-state index is 5.50. The molecular weight excluding hydrogens is 188 g/mol. The number of rotatable bonds is 6. The molecule has 4 heteroatoms. The minimum atomic E-state index is 0.478. The molecule has 0 radical (unpaired) electrons. The Hall–Kier alpha value is -0.770. The molecule has 90 valence electrons. The molecule has 0 aromatic rings. The van der Waals surface area contributed by atoms with Crippen molar-refractivity contribution in [2.75, 3.05) is 13.1 Å². The minimum absolute atomic E-state index is 0.478. The number of aliphatic imine (C=N–C) groups is 1. The van der Waals surface area contributed by atoms with E-state index in [0.717, 1.165) is 38.3 Å². The number of guanidine groups is 1. The third-order valence-electron chi connectivity index (χ3n) is 2.64. The molecule has 0 aliphatic heterocycles. The Balaban J connectivity index is 4.38. The summed E-state index contributed by atoms with van der Waals surface area (Å²) in [6.07, 6.45) is 3.38. The SMILES string of the molecule is CCCCN=C(NN)N(CC)C(C)CC. The van der Waals surface area contributed by atoms with Crippen LogP contribution in [0.3, 0.4) is 0 Å². The molecule has 0 spiro atoms. The molecule has 0 saturated heterocycles. The first kappa shape index (κ1) is 14.2. The van der Waals surface area contributed by atoms with Crippen LogP contribution < -0.4 is 11.3 Å². The number of unbranched alkanes of at least 4 members (excludes halogenated alkanes) is 1. The Kier molecular flexibility index (Phi) is 8.09. The number of hydrogen-bond acceptors (Lipinski definition) is 2. The molecule has 1 atom stereocenters. The number of hydrazine groups is 1. The van der Waals surface area contributed by atoms with Gasteiger partial charge in [0.1, 0.15) is 0 Å². The van der Waals surface area contributed by atoms with Crippen molar-refractivity contribution in [2.24, 2.45) is 10.8 Å². The second kappa shape index (κ2) is 8.53. The second-order valence-corrected chi connectivity index (χ2v) is 3.75. The van der Waals surface area contributed by atoms with Gasteiger partial charge in [-0.05, 0) is 26.7 Å². The smallest absolute Gasteiger partial charge is 0.208 e. The lowest BCUT2D eigenvalue weighted by Crippen LogP contribution is -2.48. The van der Waals surface area contributed by atoms with Gasteiger partial charge >= 0.3 is 0 Å². The van der Waals surface area contributed by atoms with Gasteiger partial charge in [0.05, 0.1) is 0 Å².